The number of Topliss-reactive ketones (excluding diaryl/α,β-unsaturated/α-hetero) is 1. The smallest absolute Gasteiger partial charge is 0.220 e. The summed E-state index contributed by atoms with van der Waals surface area (Å²) in [7, 11) is 0. The Kier molecular flexibility index (Phi) is 3.31. The number of carbonyl (C=O) groups is 1. The van der Waals surface area contributed by atoms with Gasteiger partial charge in [0.1, 0.15) is 0 Å². The van der Waals surface area contributed by atoms with Gasteiger partial charge in [-0.1, -0.05) is 60.7 Å². The fourth-order valence-corrected chi connectivity index (χ4v) is 1.57. The topological polar surface area (TPSA) is 52.3 Å². The number of benzene rings is 2. The van der Waals surface area contributed by atoms with Crippen LogP contribution in [0.4, 0.5) is 0 Å². The maximum absolute atomic E-state index is 12.1. The number of hydrogen-bond donors (Lipinski definition) is 0. The monoisotopic (exact) mass is 226 g/mol. The van der Waals surface area contributed by atoms with Crippen molar-refractivity contribution in [3.05, 3.63) is 71.8 Å². The summed E-state index contributed by atoms with van der Waals surface area (Å²) in [5.74, 6) is -0.230. The largest absolute Gasteiger partial charge is 0.469 e. The quantitative estimate of drug-likeness (QED) is 0.342. The molecule has 0 saturated carbocycles. The molecule has 0 bridgehead atoms. The van der Waals surface area contributed by atoms with Crippen LogP contribution in [0.25, 0.3) is 0 Å². The normalized spacial score (nSPS) is 11.2. The molecule has 3 nitrogen and oxygen atoms in total. The zero-order valence-electron chi connectivity index (χ0n) is 9.13. The zero-order valence-corrected chi connectivity index (χ0v) is 9.13. The lowest BCUT2D eigenvalue weighted by Crippen LogP contribution is -2.15. The van der Waals surface area contributed by atoms with Gasteiger partial charge < -0.3 is 5.21 Å². The molecule has 17 heavy (non-hydrogen) atoms. The van der Waals surface area contributed by atoms with E-state index in [0.717, 1.165) is 0 Å². The molecule has 0 amide bonds. The summed E-state index contributed by atoms with van der Waals surface area (Å²) in [6.45, 7) is 0. The zero-order chi connectivity index (χ0) is 12.1. The van der Waals surface area contributed by atoms with Crippen molar-refractivity contribution in [3.63, 3.8) is 0 Å². The first-order chi connectivity index (χ1) is 8.33. The number of carbonyl (C=O) groups excluding carboxylic acids is 1. The molecule has 0 aliphatic rings. The van der Waals surface area contributed by atoms with Crippen LogP contribution in [0.3, 0.4) is 0 Å². The molecule has 0 saturated heterocycles. The maximum atomic E-state index is 12.1. The Hall–Kier alpha value is -2.42. The molecule has 3 heteroatoms. The third-order valence-corrected chi connectivity index (χ3v) is 2.41. The van der Waals surface area contributed by atoms with Gasteiger partial charge in [0.25, 0.3) is 0 Å². The van der Waals surface area contributed by atoms with Gasteiger partial charge in [0, 0.05) is 11.1 Å². The Morgan fingerprint density at radius 1 is 0.824 bits per heavy atom. The van der Waals surface area contributed by atoms with Crippen molar-refractivity contribution in [2.75, 3.05) is 0 Å². The highest BCUT2D eigenvalue weighted by Gasteiger charge is 2.18. The molecule has 0 aliphatic heterocycles. The highest BCUT2D eigenvalue weighted by Crippen LogP contribution is 2.08. The highest BCUT2D eigenvalue weighted by atomic mass is 16.4. The number of ketones is 1. The van der Waals surface area contributed by atoms with Crippen molar-refractivity contribution >= 4 is 11.5 Å². The van der Waals surface area contributed by atoms with Crippen LogP contribution in [0.2, 0.25) is 0 Å². The summed E-state index contributed by atoms with van der Waals surface area (Å²) in [5, 5.41) is 10.5. The second kappa shape index (κ2) is 5.07. The lowest BCUT2D eigenvalue weighted by atomic mass is 10.0. The summed E-state index contributed by atoms with van der Waals surface area (Å²) in [4.78, 5) is 12.1. The van der Waals surface area contributed by atoms with Crippen molar-refractivity contribution in [2.24, 2.45) is 5.16 Å². The Morgan fingerprint density at radius 3 is 1.76 bits per heavy atom. The fourth-order valence-electron chi connectivity index (χ4n) is 1.57. The number of hydrogen-bond acceptors (Lipinski definition) is 2. The van der Waals surface area contributed by atoms with Crippen molar-refractivity contribution in [1.82, 2.24) is 0 Å². The molecule has 2 aromatic rings. The van der Waals surface area contributed by atoms with Crippen LogP contribution in [0.5, 0.6) is 0 Å². The van der Waals surface area contributed by atoms with Gasteiger partial charge >= 0.3 is 0 Å². The lowest BCUT2D eigenvalue weighted by molar-refractivity contribution is 0.106. The van der Waals surface area contributed by atoms with E-state index < -0.39 is 0 Å². The van der Waals surface area contributed by atoms with Crippen LogP contribution < -0.4 is 0 Å². The SMILES string of the molecule is O=C(C(=N[OH2+])c1ccccc1)c1ccccc1. The number of rotatable bonds is 3. The van der Waals surface area contributed by atoms with Gasteiger partial charge in [-0.3, -0.25) is 4.79 Å². The Bertz CT molecular complexity index is 533. The van der Waals surface area contributed by atoms with Crippen molar-refractivity contribution in [1.29, 1.82) is 0 Å². The third-order valence-electron chi connectivity index (χ3n) is 2.41. The van der Waals surface area contributed by atoms with Crippen molar-refractivity contribution < 1.29 is 10.0 Å². The van der Waals surface area contributed by atoms with Gasteiger partial charge in [0.2, 0.25) is 11.5 Å². The molecule has 0 unspecified atom stereocenters. The van der Waals surface area contributed by atoms with Crippen molar-refractivity contribution in [3.8, 4) is 0 Å². The van der Waals surface area contributed by atoms with Gasteiger partial charge in [0.15, 0.2) is 0 Å². The molecular formula is C14H12NO2+. The predicted molar refractivity (Wildman–Crippen MR) is 67.4 cm³/mol. The standard InChI is InChI=1S/C14H11NO2/c16-14(12-9-5-2-6-10-12)13(15-17)11-7-3-1-4-8-11/h1-10,17H/p+1. The van der Waals surface area contributed by atoms with Gasteiger partial charge in [-0.05, 0) is 0 Å². The van der Waals surface area contributed by atoms with Crippen LogP contribution in [-0.2, 0) is 0 Å². The minimum Gasteiger partial charge on any atom is -0.469 e. The van der Waals surface area contributed by atoms with Crippen molar-refractivity contribution in [2.45, 2.75) is 0 Å². The van der Waals surface area contributed by atoms with Gasteiger partial charge in [-0.15, -0.1) is 0 Å². The average molecular weight is 226 g/mol. The third kappa shape index (κ3) is 2.39. The second-order valence-corrected chi connectivity index (χ2v) is 3.52. The first-order valence-electron chi connectivity index (χ1n) is 5.22. The molecule has 0 spiro atoms. The summed E-state index contributed by atoms with van der Waals surface area (Å²) >= 11 is 0. The van der Waals surface area contributed by atoms with Gasteiger partial charge in [-0.2, -0.15) is 0 Å². The molecule has 84 valence electrons. The molecule has 0 fully saturated rings. The Balaban J connectivity index is 2.37. The molecule has 0 aliphatic carbocycles. The van der Waals surface area contributed by atoms with Crippen LogP contribution in [0.15, 0.2) is 65.8 Å². The molecule has 0 atom stereocenters. The van der Waals surface area contributed by atoms with Crippen LogP contribution in [0.1, 0.15) is 15.9 Å². The van der Waals surface area contributed by atoms with E-state index in [0.29, 0.717) is 11.1 Å². The summed E-state index contributed by atoms with van der Waals surface area (Å²) in [6, 6.07) is 17.9. The van der Waals surface area contributed by atoms with Crippen LogP contribution in [0, 0.1) is 0 Å². The minimum absolute atomic E-state index is 0.164. The predicted octanol–water partition coefficient (Wildman–Crippen LogP) is 2.00. The van der Waals surface area contributed by atoms with Gasteiger partial charge in [-0.25, -0.2) is 0 Å². The van der Waals surface area contributed by atoms with E-state index in [9.17, 15) is 4.79 Å². The summed E-state index contributed by atoms with van der Waals surface area (Å²) < 4.78 is 0. The highest BCUT2D eigenvalue weighted by molar-refractivity contribution is 6.51. The first-order valence-corrected chi connectivity index (χ1v) is 5.22. The van der Waals surface area contributed by atoms with E-state index in [1.54, 1.807) is 36.4 Å². The van der Waals surface area contributed by atoms with Crippen LogP contribution >= 0.6 is 0 Å². The van der Waals surface area contributed by atoms with E-state index >= 15 is 0 Å². The maximum Gasteiger partial charge on any atom is 0.220 e. The summed E-state index contributed by atoms with van der Waals surface area (Å²) in [5.41, 5.74) is 1.37. The van der Waals surface area contributed by atoms with Crippen LogP contribution in [-0.4, -0.2) is 16.7 Å². The molecule has 0 radical (unpaired) electrons. The molecule has 2 aromatic carbocycles. The van der Waals surface area contributed by atoms with Gasteiger partial charge in [0.05, 0.1) is 5.16 Å². The first kappa shape index (κ1) is 11.1. The number of nitrogens with zero attached hydrogens (tertiary/aromatic N) is 1. The lowest BCUT2D eigenvalue weighted by Gasteiger charge is -2.01. The van der Waals surface area contributed by atoms with E-state index in [1.807, 2.05) is 24.3 Å². The molecular weight excluding hydrogens is 214 g/mol. The molecule has 0 heterocycles. The summed E-state index contributed by atoms with van der Waals surface area (Å²) in [6.07, 6.45) is 0. The Labute approximate surface area is 99.0 Å². The second-order valence-electron chi connectivity index (χ2n) is 3.52. The molecule has 0 aromatic heterocycles. The fraction of sp³-hybridized carbons (Fsp3) is 0. The van der Waals surface area contributed by atoms with E-state index in [2.05, 4.69) is 5.16 Å². The van der Waals surface area contributed by atoms with E-state index in [-0.39, 0.29) is 11.5 Å². The van der Waals surface area contributed by atoms with E-state index in [4.69, 9.17) is 5.21 Å². The average Bonchev–Trinajstić information content (AvgIpc) is 2.42. The minimum atomic E-state index is -0.230. The Morgan fingerprint density at radius 2 is 1.29 bits per heavy atom. The molecule has 2 rings (SSSR count). The van der Waals surface area contributed by atoms with E-state index in [1.165, 1.54) is 0 Å². The molecule has 2 N–H and O–H groups in total.